The summed E-state index contributed by atoms with van der Waals surface area (Å²) >= 11 is 0. The highest BCUT2D eigenvalue weighted by Gasteiger charge is 2.26. The Kier molecular flexibility index (Phi) is 2.06. The summed E-state index contributed by atoms with van der Waals surface area (Å²) in [4.78, 5) is 0.151. The van der Waals surface area contributed by atoms with Crippen molar-refractivity contribution in [3.05, 3.63) is 29.8 Å². The Morgan fingerprint density at radius 2 is 2.07 bits per heavy atom. The van der Waals surface area contributed by atoms with Gasteiger partial charge in [-0.1, -0.05) is 22.7 Å². The van der Waals surface area contributed by atoms with Crippen molar-refractivity contribution in [3.8, 4) is 0 Å². The van der Waals surface area contributed by atoms with Crippen LogP contribution in [0.3, 0.4) is 0 Å². The van der Waals surface area contributed by atoms with Gasteiger partial charge in [0.05, 0.1) is 4.90 Å². The van der Waals surface area contributed by atoms with Gasteiger partial charge >= 0.3 is 0 Å². The molecule has 0 radical (unpaired) electrons. The van der Waals surface area contributed by atoms with Crippen molar-refractivity contribution >= 4 is 10.0 Å². The third kappa shape index (κ3) is 1.31. The van der Waals surface area contributed by atoms with Crippen LogP contribution in [0.15, 0.2) is 38.8 Å². The third-order valence-corrected chi connectivity index (χ3v) is 3.16. The van der Waals surface area contributed by atoms with Gasteiger partial charge in [0.15, 0.2) is 6.17 Å². The fourth-order valence-electron chi connectivity index (χ4n) is 1.28. The molecule has 0 saturated carbocycles. The van der Waals surface area contributed by atoms with E-state index < -0.39 is 16.2 Å². The molecule has 1 atom stereocenters. The highest BCUT2D eigenvalue weighted by Crippen LogP contribution is 2.29. The lowest BCUT2D eigenvalue weighted by atomic mass is 10.2. The largest absolute Gasteiger partial charge is 0.299 e. The van der Waals surface area contributed by atoms with E-state index in [2.05, 4.69) is 15.1 Å². The maximum Gasteiger partial charge on any atom is 0.299 e. The van der Waals surface area contributed by atoms with Gasteiger partial charge < -0.3 is 0 Å². The van der Waals surface area contributed by atoms with E-state index in [9.17, 15) is 8.42 Å². The van der Waals surface area contributed by atoms with Gasteiger partial charge in [-0.2, -0.15) is 13.5 Å². The number of fused-ring (bicyclic) bond motifs is 1. The average molecular weight is 212 g/mol. The minimum absolute atomic E-state index is 0.151. The maximum atomic E-state index is 11.4. The van der Waals surface area contributed by atoms with Crippen LogP contribution in [0.4, 0.5) is 0 Å². The van der Waals surface area contributed by atoms with Gasteiger partial charge in [-0.05, 0) is 6.07 Å². The first-order chi connectivity index (χ1) is 6.65. The van der Waals surface area contributed by atoms with Gasteiger partial charge in [-0.3, -0.25) is 5.84 Å². The van der Waals surface area contributed by atoms with E-state index in [1.807, 2.05) is 0 Å². The third-order valence-electron chi connectivity index (χ3n) is 1.92. The van der Waals surface area contributed by atoms with E-state index in [1.54, 1.807) is 18.2 Å². The molecule has 3 N–H and O–H groups in total. The summed E-state index contributed by atoms with van der Waals surface area (Å²) in [5.74, 6) is 5.21. The van der Waals surface area contributed by atoms with Crippen molar-refractivity contribution in [2.45, 2.75) is 11.1 Å². The smallest absolute Gasteiger partial charge is 0.269 e. The topological polar surface area (TPSA) is 96.9 Å². The molecule has 7 heteroatoms. The number of sulfonamides is 1. The summed E-state index contributed by atoms with van der Waals surface area (Å²) < 4.78 is 26.0. The maximum absolute atomic E-state index is 11.4. The van der Waals surface area contributed by atoms with Crippen molar-refractivity contribution in [1.29, 1.82) is 0 Å². The quantitative estimate of drug-likeness (QED) is 0.517. The monoisotopic (exact) mass is 212 g/mol. The lowest BCUT2D eigenvalue weighted by Crippen LogP contribution is -2.29. The molecule has 14 heavy (non-hydrogen) atoms. The summed E-state index contributed by atoms with van der Waals surface area (Å²) in [6.45, 7) is 0. The highest BCUT2D eigenvalue weighted by atomic mass is 32.2. The molecule has 2 rings (SSSR count). The zero-order valence-electron chi connectivity index (χ0n) is 7.08. The number of nitrogens with zero attached hydrogens (tertiary/aromatic N) is 2. The van der Waals surface area contributed by atoms with Crippen molar-refractivity contribution in [1.82, 2.24) is 5.43 Å². The molecule has 1 aromatic carbocycles. The molecule has 0 saturated heterocycles. The van der Waals surface area contributed by atoms with Crippen LogP contribution in [0.2, 0.25) is 0 Å². The van der Waals surface area contributed by atoms with E-state index in [0.717, 1.165) is 0 Å². The molecule has 0 fully saturated rings. The Hall–Kier alpha value is -1.31. The molecule has 74 valence electrons. The van der Waals surface area contributed by atoms with Crippen LogP contribution in [-0.4, -0.2) is 8.42 Å². The predicted molar refractivity (Wildman–Crippen MR) is 48.5 cm³/mol. The van der Waals surface area contributed by atoms with Crippen LogP contribution in [0, 0.1) is 0 Å². The molecular formula is C7H8N4O2S. The molecule has 1 aliphatic rings. The van der Waals surface area contributed by atoms with Gasteiger partial charge in [0.2, 0.25) is 0 Å². The van der Waals surface area contributed by atoms with Crippen LogP contribution in [0.25, 0.3) is 0 Å². The normalized spacial score (nSPS) is 23.1. The van der Waals surface area contributed by atoms with E-state index in [1.165, 1.54) is 6.07 Å². The second-order valence-corrected chi connectivity index (χ2v) is 4.33. The van der Waals surface area contributed by atoms with Gasteiger partial charge in [0, 0.05) is 5.56 Å². The van der Waals surface area contributed by atoms with Crippen molar-refractivity contribution in [2.24, 2.45) is 15.5 Å². The molecule has 0 amide bonds. The predicted octanol–water partition coefficient (Wildman–Crippen LogP) is 0.303. The van der Waals surface area contributed by atoms with Crippen LogP contribution < -0.4 is 11.3 Å². The molecule has 1 unspecified atom stereocenters. The molecule has 0 bridgehead atoms. The molecule has 1 aliphatic heterocycles. The summed E-state index contributed by atoms with van der Waals surface area (Å²) in [6, 6.07) is 6.48. The Morgan fingerprint density at radius 1 is 1.36 bits per heavy atom. The summed E-state index contributed by atoms with van der Waals surface area (Å²) in [7, 11) is -3.62. The minimum atomic E-state index is -3.62. The van der Waals surface area contributed by atoms with Crippen molar-refractivity contribution in [2.75, 3.05) is 0 Å². The van der Waals surface area contributed by atoms with E-state index in [0.29, 0.717) is 5.56 Å². The van der Waals surface area contributed by atoms with E-state index in [4.69, 9.17) is 5.84 Å². The van der Waals surface area contributed by atoms with Crippen molar-refractivity contribution < 1.29 is 8.42 Å². The number of nitrogens with one attached hydrogen (secondary N) is 1. The Morgan fingerprint density at radius 3 is 2.79 bits per heavy atom. The lowest BCUT2D eigenvalue weighted by molar-refractivity contribution is 0.524. The van der Waals surface area contributed by atoms with Crippen LogP contribution in [0.5, 0.6) is 0 Å². The fourth-order valence-corrected chi connectivity index (χ4v) is 2.31. The molecular weight excluding hydrogens is 204 g/mol. The molecule has 1 aromatic rings. The number of hydrogen-bond acceptors (Lipinski definition) is 5. The van der Waals surface area contributed by atoms with E-state index in [-0.39, 0.29) is 4.90 Å². The van der Waals surface area contributed by atoms with Gasteiger partial charge in [0.25, 0.3) is 10.0 Å². The Bertz CT molecular complexity index is 482. The average Bonchev–Trinajstić information content (AvgIpc) is 2.18. The van der Waals surface area contributed by atoms with Gasteiger partial charge in [0.1, 0.15) is 0 Å². The molecule has 0 aromatic heterocycles. The van der Waals surface area contributed by atoms with Gasteiger partial charge in [-0.25, -0.2) is 5.43 Å². The SMILES string of the molecule is NNC1N=NS(=O)(=O)c2ccccc21. The number of benzene rings is 1. The van der Waals surface area contributed by atoms with Crippen LogP contribution in [-0.2, 0) is 10.0 Å². The Balaban J connectivity index is 2.68. The fraction of sp³-hybridized carbons (Fsp3) is 0.143. The van der Waals surface area contributed by atoms with Crippen LogP contribution in [0.1, 0.15) is 11.7 Å². The second-order valence-electron chi connectivity index (χ2n) is 2.78. The summed E-state index contributed by atoms with van der Waals surface area (Å²) in [5, 5.41) is 3.54. The molecule has 0 aliphatic carbocycles. The van der Waals surface area contributed by atoms with Crippen molar-refractivity contribution in [3.63, 3.8) is 0 Å². The van der Waals surface area contributed by atoms with Gasteiger partial charge in [-0.15, -0.1) is 0 Å². The first kappa shape index (κ1) is 9.25. The Labute approximate surface area is 80.9 Å². The highest BCUT2D eigenvalue weighted by molar-refractivity contribution is 7.90. The molecule has 1 heterocycles. The standard InChI is InChI=1S/C7H8N4O2S/c8-9-7-5-3-1-2-4-6(5)14(12,13)11-10-7/h1-4,7,9H,8H2. The zero-order valence-corrected chi connectivity index (χ0v) is 7.90. The second kappa shape index (κ2) is 3.12. The number of hydrazine groups is 1. The minimum Gasteiger partial charge on any atom is -0.269 e. The van der Waals surface area contributed by atoms with Crippen LogP contribution >= 0.6 is 0 Å². The zero-order chi connectivity index (χ0) is 10.2. The summed E-state index contributed by atoms with van der Waals surface area (Å²) in [6.07, 6.45) is -0.588. The van der Waals surface area contributed by atoms with E-state index >= 15 is 0 Å². The number of rotatable bonds is 1. The molecule has 6 nitrogen and oxygen atoms in total. The summed E-state index contributed by atoms with van der Waals surface area (Å²) in [5.41, 5.74) is 2.89. The number of nitrogens with two attached hydrogens (primary N) is 1. The number of hydrogen-bond donors (Lipinski definition) is 2. The molecule has 0 spiro atoms. The first-order valence-corrected chi connectivity index (χ1v) is 5.31. The first-order valence-electron chi connectivity index (χ1n) is 3.87. The lowest BCUT2D eigenvalue weighted by Gasteiger charge is -2.16.